The van der Waals surface area contributed by atoms with Gasteiger partial charge in [0.05, 0.1) is 11.7 Å². The molecule has 0 amide bonds. The Kier molecular flexibility index (Phi) is 1.40. The van der Waals surface area contributed by atoms with E-state index in [-0.39, 0.29) is 0 Å². The molecule has 0 aliphatic carbocycles. The Hall–Kier alpha value is -0.890. The lowest BCUT2D eigenvalue weighted by Gasteiger charge is -2.26. The first-order valence-electron chi connectivity index (χ1n) is 3.61. The van der Waals surface area contributed by atoms with Gasteiger partial charge in [-0.15, -0.1) is 0 Å². The molecule has 1 aromatic heterocycles. The molecule has 0 saturated carbocycles. The molecule has 0 unspecified atom stereocenters. The molecule has 0 spiro atoms. The molecular formula is C8H10N2. The molecule has 0 aromatic carbocycles. The van der Waals surface area contributed by atoms with Gasteiger partial charge in [-0.1, -0.05) is 6.07 Å². The lowest BCUT2D eigenvalue weighted by Crippen LogP contribution is -2.35. The first-order chi connectivity index (χ1) is 4.97. The van der Waals surface area contributed by atoms with Crippen LogP contribution in [0.1, 0.15) is 18.2 Å². The van der Waals surface area contributed by atoms with Crippen molar-refractivity contribution in [2.75, 3.05) is 6.54 Å². The van der Waals surface area contributed by atoms with Crippen molar-refractivity contribution < 1.29 is 0 Å². The zero-order valence-corrected chi connectivity index (χ0v) is 5.75. The number of rotatable bonds is 1. The predicted molar refractivity (Wildman–Crippen MR) is 39.6 cm³/mol. The van der Waals surface area contributed by atoms with Crippen LogP contribution in [0.4, 0.5) is 0 Å². The van der Waals surface area contributed by atoms with Crippen LogP contribution in [0, 0.1) is 0 Å². The number of aromatic nitrogens is 1. The minimum Gasteiger partial charge on any atom is -0.309 e. The molecule has 1 atom stereocenters. The number of nitrogens with one attached hydrogen (secondary N) is 1. The van der Waals surface area contributed by atoms with Gasteiger partial charge in [0.25, 0.3) is 0 Å². The molecule has 2 heteroatoms. The topological polar surface area (TPSA) is 24.9 Å². The molecule has 10 heavy (non-hydrogen) atoms. The maximum Gasteiger partial charge on any atom is 0.0573 e. The summed E-state index contributed by atoms with van der Waals surface area (Å²) in [5.41, 5.74) is 1.17. The molecule has 1 aromatic rings. The van der Waals surface area contributed by atoms with Crippen molar-refractivity contribution in [2.24, 2.45) is 0 Å². The standard InChI is InChI=1S/C8H10N2/c1-2-5-9-7(3-1)8-4-6-10-8/h1-3,5,8,10H,4,6H2/t8-/m1/s1. The van der Waals surface area contributed by atoms with Crippen molar-refractivity contribution in [3.8, 4) is 0 Å². The highest BCUT2D eigenvalue weighted by atomic mass is 15.0. The molecule has 2 nitrogen and oxygen atoms in total. The Morgan fingerprint density at radius 1 is 1.50 bits per heavy atom. The largest absolute Gasteiger partial charge is 0.309 e. The molecule has 0 radical (unpaired) electrons. The number of hydrogen-bond donors (Lipinski definition) is 1. The van der Waals surface area contributed by atoms with Gasteiger partial charge in [0.2, 0.25) is 0 Å². The zero-order chi connectivity index (χ0) is 6.81. The van der Waals surface area contributed by atoms with Crippen LogP contribution >= 0.6 is 0 Å². The quantitative estimate of drug-likeness (QED) is 0.622. The van der Waals surface area contributed by atoms with Crippen molar-refractivity contribution in [2.45, 2.75) is 12.5 Å². The highest BCUT2D eigenvalue weighted by Gasteiger charge is 2.18. The third kappa shape index (κ3) is 0.907. The van der Waals surface area contributed by atoms with Gasteiger partial charge in [0.1, 0.15) is 0 Å². The minimum atomic E-state index is 0.529. The van der Waals surface area contributed by atoms with Crippen LogP contribution in [0.25, 0.3) is 0 Å². The lowest BCUT2D eigenvalue weighted by atomic mass is 10.0. The van der Waals surface area contributed by atoms with Gasteiger partial charge < -0.3 is 5.32 Å². The summed E-state index contributed by atoms with van der Waals surface area (Å²) in [6, 6.07) is 6.57. The second-order valence-electron chi connectivity index (χ2n) is 2.55. The number of pyridine rings is 1. The first-order valence-corrected chi connectivity index (χ1v) is 3.61. The molecule has 0 bridgehead atoms. The molecule has 52 valence electrons. The third-order valence-electron chi connectivity index (χ3n) is 1.87. The summed E-state index contributed by atoms with van der Waals surface area (Å²) in [6.07, 6.45) is 3.08. The molecule has 1 aliphatic heterocycles. The van der Waals surface area contributed by atoms with Gasteiger partial charge in [0, 0.05) is 6.20 Å². The fourth-order valence-electron chi connectivity index (χ4n) is 1.12. The fourth-order valence-corrected chi connectivity index (χ4v) is 1.12. The van der Waals surface area contributed by atoms with Gasteiger partial charge in [0.15, 0.2) is 0 Å². The maximum atomic E-state index is 4.24. The summed E-state index contributed by atoms with van der Waals surface area (Å²) in [6.45, 7) is 1.14. The zero-order valence-electron chi connectivity index (χ0n) is 5.75. The van der Waals surface area contributed by atoms with Crippen LogP contribution in [0.2, 0.25) is 0 Å². The summed E-state index contributed by atoms with van der Waals surface area (Å²) < 4.78 is 0. The molecule has 1 N–H and O–H groups in total. The maximum absolute atomic E-state index is 4.24. The van der Waals surface area contributed by atoms with Crippen molar-refractivity contribution in [3.63, 3.8) is 0 Å². The van der Waals surface area contributed by atoms with E-state index in [9.17, 15) is 0 Å². The monoisotopic (exact) mass is 134 g/mol. The van der Waals surface area contributed by atoms with E-state index < -0.39 is 0 Å². The summed E-state index contributed by atoms with van der Waals surface area (Å²) in [7, 11) is 0. The van der Waals surface area contributed by atoms with E-state index in [1.54, 1.807) is 0 Å². The van der Waals surface area contributed by atoms with Crippen LogP contribution in [0.15, 0.2) is 24.4 Å². The highest BCUT2D eigenvalue weighted by molar-refractivity contribution is 5.10. The van der Waals surface area contributed by atoms with Gasteiger partial charge in [-0.3, -0.25) is 4.98 Å². The number of hydrogen-bond acceptors (Lipinski definition) is 2. The Morgan fingerprint density at radius 2 is 2.40 bits per heavy atom. The summed E-state index contributed by atoms with van der Waals surface area (Å²) in [4.78, 5) is 4.24. The Bertz CT molecular complexity index is 204. The van der Waals surface area contributed by atoms with Gasteiger partial charge in [-0.05, 0) is 25.1 Å². The SMILES string of the molecule is c1ccc([C@H]2CCN2)nc1. The minimum absolute atomic E-state index is 0.529. The van der Waals surface area contributed by atoms with Crippen LogP contribution in [-0.4, -0.2) is 11.5 Å². The van der Waals surface area contributed by atoms with Gasteiger partial charge in [-0.25, -0.2) is 0 Å². The lowest BCUT2D eigenvalue weighted by molar-refractivity contribution is 0.375. The van der Waals surface area contributed by atoms with Crippen LogP contribution < -0.4 is 5.32 Å². The smallest absolute Gasteiger partial charge is 0.0573 e. The second kappa shape index (κ2) is 2.39. The predicted octanol–water partition coefficient (Wildman–Crippen LogP) is 1.12. The van der Waals surface area contributed by atoms with Crippen molar-refractivity contribution in [1.82, 2.24) is 10.3 Å². The van der Waals surface area contributed by atoms with E-state index in [1.807, 2.05) is 18.3 Å². The normalized spacial score (nSPS) is 23.8. The summed E-state index contributed by atoms with van der Waals surface area (Å²) >= 11 is 0. The van der Waals surface area contributed by atoms with Gasteiger partial charge >= 0.3 is 0 Å². The van der Waals surface area contributed by atoms with E-state index in [2.05, 4.69) is 16.4 Å². The molecule has 2 rings (SSSR count). The van der Waals surface area contributed by atoms with Crippen LogP contribution in [0.3, 0.4) is 0 Å². The Morgan fingerprint density at radius 3 is 2.90 bits per heavy atom. The summed E-state index contributed by atoms with van der Waals surface area (Å²) in [5, 5.41) is 3.30. The molecular weight excluding hydrogens is 124 g/mol. The Labute approximate surface area is 60.3 Å². The molecule has 1 fully saturated rings. The third-order valence-corrected chi connectivity index (χ3v) is 1.87. The average molecular weight is 134 g/mol. The Balaban J connectivity index is 2.18. The van der Waals surface area contributed by atoms with Crippen molar-refractivity contribution >= 4 is 0 Å². The van der Waals surface area contributed by atoms with Crippen molar-refractivity contribution in [1.29, 1.82) is 0 Å². The van der Waals surface area contributed by atoms with Crippen molar-refractivity contribution in [3.05, 3.63) is 30.1 Å². The molecule has 1 aliphatic rings. The first kappa shape index (κ1) is 5.86. The number of nitrogens with zero attached hydrogens (tertiary/aromatic N) is 1. The van der Waals surface area contributed by atoms with Gasteiger partial charge in [-0.2, -0.15) is 0 Å². The second-order valence-corrected chi connectivity index (χ2v) is 2.55. The molecule has 1 saturated heterocycles. The van der Waals surface area contributed by atoms with Crippen LogP contribution in [0.5, 0.6) is 0 Å². The van der Waals surface area contributed by atoms with E-state index in [0.29, 0.717) is 6.04 Å². The summed E-state index contributed by atoms with van der Waals surface area (Å²) in [5.74, 6) is 0. The van der Waals surface area contributed by atoms with E-state index in [0.717, 1.165) is 6.54 Å². The highest BCUT2D eigenvalue weighted by Crippen LogP contribution is 2.19. The van der Waals surface area contributed by atoms with E-state index >= 15 is 0 Å². The average Bonchev–Trinajstić information content (AvgIpc) is 1.86. The molecule has 2 heterocycles. The van der Waals surface area contributed by atoms with Crippen LogP contribution in [-0.2, 0) is 0 Å². The van der Waals surface area contributed by atoms with E-state index in [1.165, 1.54) is 12.1 Å². The van der Waals surface area contributed by atoms with E-state index in [4.69, 9.17) is 0 Å². The fraction of sp³-hybridized carbons (Fsp3) is 0.375.